The number of carboxylic acid groups (broad SMARTS) is 1. The van der Waals surface area contributed by atoms with Crippen LogP contribution < -0.4 is 14.8 Å². The summed E-state index contributed by atoms with van der Waals surface area (Å²) < 4.78 is 44.1. The third kappa shape index (κ3) is 8.42. The summed E-state index contributed by atoms with van der Waals surface area (Å²) >= 11 is 6.42. The van der Waals surface area contributed by atoms with Crippen LogP contribution in [-0.4, -0.2) is 83.3 Å². The molecule has 1 fully saturated rings. The third-order valence-corrected chi connectivity index (χ3v) is 7.33. The van der Waals surface area contributed by atoms with Crippen molar-refractivity contribution in [2.45, 2.75) is 63.3 Å². The van der Waals surface area contributed by atoms with E-state index in [1.807, 2.05) is 12.1 Å². The Morgan fingerprint density at radius 3 is 2.33 bits per heavy atom. The Kier molecular flexibility index (Phi) is 10.3. The van der Waals surface area contributed by atoms with Crippen LogP contribution in [0.4, 0.5) is 13.2 Å². The number of carbonyl (C=O) groups is 2. The highest BCUT2D eigenvalue weighted by Crippen LogP contribution is 2.47. The van der Waals surface area contributed by atoms with Crippen LogP contribution in [0.15, 0.2) is 30.3 Å². The maximum atomic E-state index is 12.0. The molecule has 0 radical (unpaired) electrons. The van der Waals surface area contributed by atoms with Gasteiger partial charge in [-0.2, -0.15) is 13.2 Å². The molecule has 42 heavy (non-hydrogen) atoms. The van der Waals surface area contributed by atoms with Crippen LogP contribution in [-0.2, 0) is 16.6 Å². The molecule has 0 aromatic heterocycles. The highest BCUT2D eigenvalue weighted by atomic mass is 35.5. The number of nitrogens with zero attached hydrogens (tertiary/aromatic N) is 1. The van der Waals surface area contributed by atoms with Crippen molar-refractivity contribution in [3.8, 4) is 17.2 Å². The summed E-state index contributed by atoms with van der Waals surface area (Å²) in [4.78, 5) is 23.2. The van der Waals surface area contributed by atoms with Crippen molar-refractivity contribution in [3.05, 3.63) is 52.0 Å². The standard InChI is InChI=1S/C27H35ClN2O5.C2HF3O2/c1-26(2,3)22-12-18(28)11-17-14-27(35-24(17)22)7-9-30(10-8-27)15-20(32)16-34-23-13-19(31)5-6-21(23)25(33)29-4;3-2(4,5)1(6)7/h5-6,11-13,20,31-32H,7-10,14-16H2,1-4H3,(H,29,33);(H,6,7)/t20-;/m0./s1. The lowest BCUT2D eigenvalue weighted by Crippen LogP contribution is -2.49. The number of carboxylic acids is 1. The number of alkyl halides is 3. The first-order valence-electron chi connectivity index (χ1n) is 13.3. The SMILES string of the molecule is CNC(=O)c1ccc(O)cc1OC[C@@H](O)CN1CCC2(CC1)Cc1cc(Cl)cc(C(C)(C)C)c1O2.O=C(O)C(F)(F)F. The van der Waals surface area contributed by atoms with E-state index in [4.69, 9.17) is 31.0 Å². The first kappa shape index (κ1) is 33.3. The average Bonchev–Trinajstić information content (AvgIpc) is 3.24. The average molecular weight is 617 g/mol. The Balaban J connectivity index is 0.000000616. The number of rotatable bonds is 6. The second kappa shape index (κ2) is 13.0. The van der Waals surface area contributed by atoms with Gasteiger partial charge in [0.15, 0.2) is 0 Å². The molecular weight excluding hydrogens is 581 g/mol. The number of likely N-dealkylation sites (tertiary alicyclic amines) is 1. The third-order valence-electron chi connectivity index (χ3n) is 7.12. The van der Waals surface area contributed by atoms with Crippen LogP contribution in [0, 0.1) is 0 Å². The molecule has 2 aliphatic rings. The lowest BCUT2D eigenvalue weighted by molar-refractivity contribution is -0.192. The summed E-state index contributed by atoms with van der Waals surface area (Å²) in [5.74, 6) is -1.85. The zero-order valence-electron chi connectivity index (χ0n) is 23.8. The molecule has 1 amide bonds. The van der Waals surface area contributed by atoms with Gasteiger partial charge in [0.2, 0.25) is 0 Å². The van der Waals surface area contributed by atoms with E-state index in [2.05, 4.69) is 31.0 Å². The van der Waals surface area contributed by atoms with Gasteiger partial charge in [-0.3, -0.25) is 4.79 Å². The predicted molar refractivity (Wildman–Crippen MR) is 150 cm³/mol. The molecule has 2 aromatic rings. The summed E-state index contributed by atoms with van der Waals surface area (Å²) in [5, 5.41) is 30.8. The number of benzene rings is 2. The highest BCUT2D eigenvalue weighted by molar-refractivity contribution is 6.30. The number of aliphatic hydroxyl groups is 1. The molecule has 2 aromatic carbocycles. The molecule has 2 aliphatic heterocycles. The fourth-order valence-corrected chi connectivity index (χ4v) is 5.21. The van der Waals surface area contributed by atoms with Gasteiger partial charge < -0.3 is 35.0 Å². The van der Waals surface area contributed by atoms with Crippen LogP contribution in [0.1, 0.15) is 55.1 Å². The van der Waals surface area contributed by atoms with E-state index in [1.165, 1.54) is 30.8 Å². The van der Waals surface area contributed by atoms with E-state index in [0.29, 0.717) is 12.1 Å². The van der Waals surface area contributed by atoms with Gasteiger partial charge in [0, 0.05) is 62.6 Å². The summed E-state index contributed by atoms with van der Waals surface area (Å²) in [6.07, 6.45) is -3.24. The molecule has 0 aliphatic carbocycles. The number of nitrogens with one attached hydrogen (secondary N) is 1. The fourth-order valence-electron chi connectivity index (χ4n) is 4.97. The Labute approximate surface area is 247 Å². The number of fused-ring (bicyclic) bond motifs is 1. The smallest absolute Gasteiger partial charge is 0.490 e. The van der Waals surface area contributed by atoms with E-state index < -0.39 is 18.2 Å². The van der Waals surface area contributed by atoms with Crippen molar-refractivity contribution in [3.63, 3.8) is 0 Å². The molecule has 0 saturated carbocycles. The highest BCUT2D eigenvalue weighted by Gasteiger charge is 2.44. The van der Waals surface area contributed by atoms with E-state index in [-0.39, 0.29) is 35.0 Å². The molecule has 0 bridgehead atoms. The summed E-state index contributed by atoms with van der Waals surface area (Å²) in [7, 11) is 1.53. The number of β-amino-alcohol motifs (C(OH)–C–C–N with tert-alkyl or cyclic N) is 1. The number of carbonyl (C=O) groups excluding carboxylic acids is 1. The number of halogens is 4. The fraction of sp³-hybridized carbons (Fsp3) is 0.517. The van der Waals surface area contributed by atoms with Gasteiger partial charge >= 0.3 is 12.1 Å². The molecule has 4 N–H and O–H groups in total. The van der Waals surface area contributed by atoms with Gasteiger partial charge in [-0.25, -0.2) is 4.79 Å². The number of amides is 1. The molecule has 1 atom stereocenters. The molecule has 2 heterocycles. The van der Waals surface area contributed by atoms with Gasteiger partial charge in [-0.15, -0.1) is 0 Å². The molecular formula is C29H36ClF3N2O7. The number of hydrogen-bond acceptors (Lipinski definition) is 7. The van der Waals surface area contributed by atoms with Crippen molar-refractivity contribution >= 4 is 23.5 Å². The van der Waals surface area contributed by atoms with Crippen molar-refractivity contribution in [1.82, 2.24) is 10.2 Å². The minimum Gasteiger partial charge on any atom is -0.508 e. The molecule has 232 valence electrons. The molecule has 0 unspecified atom stereocenters. The van der Waals surface area contributed by atoms with Crippen molar-refractivity contribution in [1.29, 1.82) is 0 Å². The van der Waals surface area contributed by atoms with Crippen molar-refractivity contribution in [2.75, 3.05) is 33.3 Å². The van der Waals surface area contributed by atoms with Gasteiger partial charge in [-0.1, -0.05) is 32.4 Å². The first-order valence-corrected chi connectivity index (χ1v) is 13.7. The first-order chi connectivity index (χ1) is 19.4. The topological polar surface area (TPSA) is 129 Å². The predicted octanol–water partition coefficient (Wildman–Crippen LogP) is 4.55. The molecule has 9 nitrogen and oxygen atoms in total. The maximum Gasteiger partial charge on any atom is 0.490 e. The lowest BCUT2D eigenvalue weighted by atomic mass is 9.84. The number of aromatic hydroxyl groups is 1. The van der Waals surface area contributed by atoms with Gasteiger partial charge in [-0.05, 0) is 35.2 Å². The zero-order valence-corrected chi connectivity index (χ0v) is 24.6. The van der Waals surface area contributed by atoms with Gasteiger partial charge in [0.25, 0.3) is 5.91 Å². The minimum absolute atomic E-state index is 0.00284. The minimum atomic E-state index is -5.08. The largest absolute Gasteiger partial charge is 0.508 e. The van der Waals surface area contributed by atoms with Crippen LogP contribution >= 0.6 is 11.6 Å². The van der Waals surface area contributed by atoms with Crippen LogP contribution in [0.25, 0.3) is 0 Å². The number of ether oxygens (including phenoxy) is 2. The van der Waals surface area contributed by atoms with E-state index in [9.17, 15) is 28.2 Å². The Bertz CT molecular complexity index is 1290. The number of phenolic OH excluding ortho intramolecular Hbond substituents is 1. The second-order valence-corrected chi connectivity index (χ2v) is 11.9. The second-order valence-electron chi connectivity index (χ2n) is 11.5. The quantitative estimate of drug-likeness (QED) is 0.372. The molecule has 1 spiro atoms. The number of hydrogen-bond donors (Lipinski definition) is 4. The Hall–Kier alpha value is -3.22. The van der Waals surface area contributed by atoms with E-state index in [1.54, 1.807) is 0 Å². The molecule has 4 rings (SSSR count). The van der Waals surface area contributed by atoms with E-state index >= 15 is 0 Å². The number of aliphatic hydroxyl groups excluding tert-OH is 1. The van der Waals surface area contributed by atoms with E-state index in [0.717, 1.165) is 48.7 Å². The zero-order chi connectivity index (χ0) is 31.5. The Morgan fingerprint density at radius 1 is 1.17 bits per heavy atom. The van der Waals surface area contributed by atoms with Crippen molar-refractivity contribution < 1.29 is 47.6 Å². The monoisotopic (exact) mass is 616 g/mol. The number of phenols is 1. The van der Waals surface area contributed by atoms with Crippen LogP contribution in [0.5, 0.6) is 17.2 Å². The van der Waals surface area contributed by atoms with Crippen LogP contribution in [0.3, 0.4) is 0 Å². The number of piperidine rings is 1. The maximum absolute atomic E-state index is 12.0. The summed E-state index contributed by atoms with van der Waals surface area (Å²) in [6.45, 7) is 8.61. The molecule has 13 heteroatoms. The number of aliphatic carboxylic acids is 1. The van der Waals surface area contributed by atoms with Gasteiger partial charge in [0.1, 0.15) is 35.6 Å². The lowest BCUT2D eigenvalue weighted by Gasteiger charge is -2.39. The van der Waals surface area contributed by atoms with Crippen molar-refractivity contribution in [2.24, 2.45) is 0 Å². The summed E-state index contributed by atoms with van der Waals surface area (Å²) in [5.41, 5.74) is 2.36. The normalized spacial score (nSPS) is 17.0. The van der Waals surface area contributed by atoms with Crippen LogP contribution in [0.2, 0.25) is 5.02 Å². The molecule has 1 saturated heterocycles. The summed E-state index contributed by atoms with van der Waals surface area (Å²) in [6, 6.07) is 8.36. The Morgan fingerprint density at radius 2 is 1.79 bits per heavy atom. The van der Waals surface area contributed by atoms with Gasteiger partial charge in [0.05, 0.1) is 5.56 Å².